The lowest BCUT2D eigenvalue weighted by Gasteiger charge is -2.28. The van der Waals surface area contributed by atoms with Crippen LogP contribution >= 0.6 is 0 Å². The van der Waals surface area contributed by atoms with Crippen LogP contribution in [-0.4, -0.2) is 31.0 Å². The zero-order chi connectivity index (χ0) is 17.8. The second-order valence-corrected chi connectivity index (χ2v) is 6.64. The molecule has 1 aliphatic rings. The number of methoxy groups -OCH3 is 2. The van der Waals surface area contributed by atoms with E-state index in [0.717, 1.165) is 59.8 Å². The Hall–Kier alpha value is -2.14. The predicted octanol–water partition coefficient (Wildman–Crippen LogP) is 3.67. The molecule has 0 spiro atoms. The van der Waals surface area contributed by atoms with Gasteiger partial charge in [-0.2, -0.15) is 5.10 Å². The van der Waals surface area contributed by atoms with Crippen LogP contribution in [0.5, 0.6) is 5.88 Å². The number of rotatable bonds is 5. The van der Waals surface area contributed by atoms with Gasteiger partial charge in [0.2, 0.25) is 5.88 Å². The summed E-state index contributed by atoms with van der Waals surface area (Å²) in [6.07, 6.45) is 5.51. The Bertz CT molecular complexity index is 765. The van der Waals surface area contributed by atoms with E-state index >= 15 is 0 Å². The van der Waals surface area contributed by atoms with E-state index in [2.05, 4.69) is 35.2 Å². The van der Waals surface area contributed by atoms with Crippen LogP contribution < -0.4 is 10.6 Å². The summed E-state index contributed by atoms with van der Waals surface area (Å²) >= 11 is 0. The first-order valence-corrected chi connectivity index (χ1v) is 8.98. The van der Waals surface area contributed by atoms with Crippen molar-refractivity contribution in [3.8, 4) is 5.88 Å². The molecule has 2 N–H and O–H groups in total. The van der Waals surface area contributed by atoms with Crippen molar-refractivity contribution < 1.29 is 9.47 Å². The van der Waals surface area contributed by atoms with Crippen molar-refractivity contribution in [2.75, 3.05) is 14.2 Å². The van der Waals surface area contributed by atoms with Crippen LogP contribution in [0, 0.1) is 5.92 Å². The largest absolute Gasteiger partial charge is 0.481 e. The minimum atomic E-state index is 0.371. The molecule has 0 atom stereocenters. The Morgan fingerprint density at radius 1 is 1.20 bits per heavy atom. The average molecular weight is 341 g/mol. The Labute approximate surface area is 149 Å². The number of nitrogens with two attached hydrogens (primary N) is 1. The van der Waals surface area contributed by atoms with E-state index in [4.69, 9.17) is 15.3 Å². The number of pyridine rings is 1. The number of hydrogen-bond acceptors (Lipinski definition) is 5. The first-order valence-electron chi connectivity index (χ1n) is 8.98. The van der Waals surface area contributed by atoms with E-state index in [0.29, 0.717) is 17.9 Å². The molecule has 25 heavy (non-hydrogen) atoms. The third-order valence-electron chi connectivity index (χ3n) is 5.26. The molecule has 5 heteroatoms. The van der Waals surface area contributed by atoms with Crippen molar-refractivity contribution >= 4 is 16.6 Å². The fourth-order valence-corrected chi connectivity index (χ4v) is 3.78. The van der Waals surface area contributed by atoms with Gasteiger partial charge in [-0.3, -0.25) is 0 Å². The lowest BCUT2D eigenvalue weighted by Crippen LogP contribution is -2.26. The van der Waals surface area contributed by atoms with E-state index in [9.17, 15) is 0 Å². The molecule has 3 rings (SSSR count). The molecule has 0 unspecified atom stereocenters. The number of hydrogen-bond donors (Lipinski definition) is 1. The van der Waals surface area contributed by atoms with Crippen LogP contribution in [0.2, 0.25) is 0 Å². The van der Waals surface area contributed by atoms with Crippen molar-refractivity contribution in [3.05, 3.63) is 35.4 Å². The lowest BCUT2D eigenvalue weighted by atomic mass is 9.82. The molecule has 1 heterocycles. The Balaban J connectivity index is 1.92. The molecule has 2 aromatic rings. The average Bonchev–Trinajstić information content (AvgIpc) is 2.67. The van der Waals surface area contributed by atoms with E-state index in [1.54, 1.807) is 14.2 Å². The summed E-state index contributed by atoms with van der Waals surface area (Å²) in [5.74, 6) is 6.87. The molecule has 1 saturated carbocycles. The summed E-state index contributed by atoms with van der Waals surface area (Å²) in [6.45, 7) is 2.11. The molecule has 0 aliphatic heterocycles. The third-order valence-corrected chi connectivity index (χ3v) is 5.26. The van der Waals surface area contributed by atoms with Gasteiger partial charge in [0, 0.05) is 24.0 Å². The van der Waals surface area contributed by atoms with Crippen molar-refractivity contribution in [2.24, 2.45) is 16.9 Å². The van der Waals surface area contributed by atoms with Gasteiger partial charge in [-0.1, -0.05) is 13.0 Å². The maximum atomic E-state index is 5.77. The molecular weight excluding hydrogens is 314 g/mol. The van der Waals surface area contributed by atoms with Crippen LogP contribution in [0.3, 0.4) is 0 Å². The SMILES string of the molecule is CCc1cc2cc(/C(=N\N)C3CCC(OC)CC3)ccc2nc1OC. The fourth-order valence-electron chi connectivity index (χ4n) is 3.78. The van der Waals surface area contributed by atoms with Gasteiger partial charge in [-0.15, -0.1) is 0 Å². The van der Waals surface area contributed by atoms with Crippen molar-refractivity contribution in [1.82, 2.24) is 4.98 Å². The maximum absolute atomic E-state index is 5.77. The Kier molecular flexibility index (Phi) is 5.53. The third kappa shape index (κ3) is 3.61. The molecule has 5 nitrogen and oxygen atoms in total. The highest BCUT2D eigenvalue weighted by molar-refractivity contribution is 6.04. The molecule has 134 valence electrons. The van der Waals surface area contributed by atoms with Gasteiger partial charge in [0.05, 0.1) is 24.4 Å². The summed E-state index contributed by atoms with van der Waals surface area (Å²) in [6, 6.07) is 8.39. The minimum Gasteiger partial charge on any atom is -0.481 e. The summed E-state index contributed by atoms with van der Waals surface area (Å²) in [7, 11) is 3.45. The summed E-state index contributed by atoms with van der Waals surface area (Å²) in [5, 5.41) is 5.25. The zero-order valence-electron chi connectivity index (χ0n) is 15.3. The fraction of sp³-hybridized carbons (Fsp3) is 0.500. The number of hydrazone groups is 1. The summed E-state index contributed by atoms with van der Waals surface area (Å²) < 4.78 is 10.9. The van der Waals surface area contributed by atoms with Crippen molar-refractivity contribution in [2.45, 2.75) is 45.1 Å². The van der Waals surface area contributed by atoms with Crippen LogP contribution in [0.4, 0.5) is 0 Å². The highest BCUT2D eigenvalue weighted by atomic mass is 16.5. The maximum Gasteiger partial charge on any atom is 0.216 e. The monoisotopic (exact) mass is 341 g/mol. The van der Waals surface area contributed by atoms with Crippen LogP contribution in [0.15, 0.2) is 29.4 Å². The van der Waals surface area contributed by atoms with Gasteiger partial charge in [0.25, 0.3) is 0 Å². The number of aromatic nitrogens is 1. The quantitative estimate of drug-likeness (QED) is 0.512. The molecule has 0 bridgehead atoms. The van der Waals surface area contributed by atoms with E-state index < -0.39 is 0 Å². The van der Waals surface area contributed by atoms with Crippen LogP contribution in [0.1, 0.15) is 43.7 Å². The second kappa shape index (κ2) is 7.83. The normalized spacial score (nSPS) is 21.5. The van der Waals surface area contributed by atoms with Gasteiger partial charge < -0.3 is 15.3 Å². The zero-order valence-corrected chi connectivity index (χ0v) is 15.3. The molecule has 1 aromatic carbocycles. The molecular formula is C20H27N3O2. The highest BCUT2D eigenvalue weighted by Crippen LogP contribution is 2.30. The molecule has 1 fully saturated rings. The topological polar surface area (TPSA) is 69.7 Å². The van der Waals surface area contributed by atoms with E-state index in [1.165, 1.54) is 0 Å². The van der Waals surface area contributed by atoms with Gasteiger partial charge in [0.1, 0.15) is 0 Å². The Morgan fingerprint density at radius 3 is 2.56 bits per heavy atom. The molecule has 0 amide bonds. The number of fused-ring (bicyclic) bond motifs is 1. The standard InChI is InChI=1S/C20H27N3O2/c1-4-13-11-16-12-15(7-10-18(16)22-20(13)25-3)19(23-21)14-5-8-17(24-2)9-6-14/h7,10-12,14,17H,4-6,8-9,21H2,1-3H3/b23-19-. The minimum absolute atomic E-state index is 0.371. The van der Waals surface area contributed by atoms with Gasteiger partial charge in [0.15, 0.2) is 0 Å². The van der Waals surface area contributed by atoms with Crippen LogP contribution in [0.25, 0.3) is 10.9 Å². The van der Waals surface area contributed by atoms with Crippen molar-refractivity contribution in [1.29, 1.82) is 0 Å². The molecule has 0 radical (unpaired) electrons. The van der Waals surface area contributed by atoms with Crippen LogP contribution in [-0.2, 0) is 11.2 Å². The predicted molar refractivity (Wildman–Crippen MR) is 101 cm³/mol. The summed E-state index contributed by atoms with van der Waals surface area (Å²) in [4.78, 5) is 4.61. The number of ether oxygens (including phenoxy) is 2. The van der Waals surface area contributed by atoms with Gasteiger partial charge in [-0.05, 0) is 55.9 Å². The highest BCUT2D eigenvalue weighted by Gasteiger charge is 2.25. The lowest BCUT2D eigenvalue weighted by molar-refractivity contribution is 0.0647. The number of nitrogens with zero attached hydrogens (tertiary/aromatic N) is 2. The molecule has 0 saturated heterocycles. The van der Waals surface area contributed by atoms with Gasteiger partial charge in [-0.25, -0.2) is 4.98 Å². The van der Waals surface area contributed by atoms with E-state index in [1.807, 2.05) is 6.07 Å². The first kappa shape index (κ1) is 17.7. The number of benzene rings is 1. The van der Waals surface area contributed by atoms with Crippen molar-refractivity contribution in [3.63, 3.8) is 0 Å². The Morgan fingerprint density at radius 2 is 1.96 bits per heavy atom. The second-order valence-electron chi connectivity index (χ2n) is 6.64. The smallest absolute Gasteiger partial charge is 0.216 e. The number of aryl methyl sites for hydroxylation is 1. The van der Waals surface area contributed by atoms with Gasteiger partial charge >= 0.3 is 0 Å². The molecule has 1 aromatic heterocycles. The van der Waals surface area contributed by atoms with E-state index in [-0.39, 0.29) is 0 Å². The summed E-state index contributed by atoms with van der Waals surface area (Å²) in [5.41, 5.74) is 4.12. The first-order chi connectivity index (χ1) is 12.2. The molecule has 1 aliphatic carbocycles.